The summed E-state index contributed by atoms with van der Waals surface area (Å²) in [5, 5.41) is 0. The standard InChI is InChI=1S/C18H14BrINS/c1-21-11-16(13-6-5-7-14(19)10-13)18(20)17(12-21)22-15-8-3-2-4-9-15/h2-12H,1H3/q+1. The third-order valence-corrected chi connectivity index (χ3v) is 6.27. The first-order chi connectivity index (χ1) is 10.6. The molecular weight excluding hydrogens is 469 g/mol. The van der Waals surface area contributed by atoms with Crippen LogP contribution in [0.5, 0.6) is 0 Å². The highest BCUT2D eigenvalue weighted by atomic mass is 127. The first kappa shape index (κ1) is 16.0. The number of rotatable bonds is 3. The zero-order valence-electron chi connectivity index (χ0n) is 12.0. The summed E-state index contributed by atoms with van der Waals surface area (Å²) in [6.45, 7) is 0. The van der Waals surface area contributed by atoms with E-state index in [2.05, 4.69) is 111 Å². The van der Waals surface area contributed by atoms with Gasteiger partial charge < -0.3 is 0 Å². The van der Waals surface area contributed by atoms with Gasteiger partial charge in [-0.05, 0) is 52.4 Å². The minimum absolute atomic E-state index is 1.10. The van der Waals surface area contributed by atoms with Crippen LogP contribution < -0.4 is 4.57 Å². The predicted octanol–water partition coefficient (Wildman–Crippen LogP) is 5.70. The zero-order chi connectivity index (χ0) is 15.5. The molecule has 3 rings (SSSR count). The molecule has 4 heteroatoms. The minimum atomic E-state index is 1.10. The number of hydrogen-bond acceptors (Lipinski definition) is 1. The van der Waals surface area contributed by atoms with Crippen molar-refractivity contribution >= 4 is 50.3 Å². The van der Waals surface area contributed by atoms with E-state index in [1.165, 1.54) is 24.5 Å². The van der Waals surface area contributed by atoms with E-state index in [1.807, 2.05) is 6.07 Å². The molecule has 0 aliphatic rings. The van der Waals surface area contributed by atoms with Crippen LogP contribution in [0.25, 0.3) is 11.1 Å². The largest absolute Gasteiger partial charge is 0.206 e. The van der Waals surface area contributed by atoms with Gasteiger partial charge in [0.15, 0.2) is 12.4 Å². The molecule has 3 aromatic rings. The van der Waals surface area contributed by atoms with E-state index in [9.17, 15) is 0 Å². The Morgan fingerprint density at radius 2 is 1.77 bits per heavy atom. The number of benzene rings is 2. The van der Waals surface area contributed by atoms with E-state index in [1.54, 1.807) is 11.8 Å². The van der Waals surface area contributed by atoms with Gasteiger partial charge in [0.05, 0.1) is 10.5 Å². The molecule has 1 nitrogen and oxygen atoms in total. The molecule has 0 aliphatic heterocycles. The Labute approximate surface area is 157 Å². The fourth-order valence-electron chi connectivity index (χ4n) is 2.22. The van der Waals surface area contributed by atoms with Gasteiger partial charge in [-0.2, -0.15) is 0 Å². The van der Waals surface area contributed by atoms with Crippen molar-refractivity contribution in [2.75, 3.05) is 0 Å². The van der Waals surface area contributed by atoms with Crippen molar-refractivity contribution in [3.8, 4) is 11.1 Å². The van der Waals surface area contributed by atoms with Gasteiger partial charge >= 0.3 is 0 Å². The number of pyridine rings is 1. The molecule has 0 spiro atoms. The topological polar surface area (TPSA) is 3.88 Å². The molecular formula is C18H14BrINS+. The van der Waals surface area contributed by atoms with Crippen LogP contribution in [0.4, 0.5) is 0 Å². The van der Waals surface area contributed by atoms with Crippen molar-refractivity contribution in [1.82, 2.24) is 0 Å². The van der Waals surface area contributed by atoms with E-state index in [4.69, 9.17) is 0 Å². The summed E-state index contributed by atoms with van der Waals surface area (Å²) in [6.07, 6.45) is 4.36. The molecule has 0 N–H and O–H groups in total. The van der Waals surface area contributed by atoms with Gasteiger partial charge in [0, 0.05) is 12.9 Å². The lowest BCUT2D eigenvalue weighted by Crippen LogP contribution is -2.27. The number of aryl methyl sites for hydroxylation is 1. The molecule has 0 bridgehead atoms. The Morgan fingerprint density at radius 3 is 2.50 bits per heavy atom. The van der Waals surface area contributed by atoms with Crippen molar-refractivity contribution in [1.29, 1.82) is 0 Å². The molecule has 0 saturated carbocycles. The summed E-state index contributed by atoms with van der Waals surface area (Å²) in [5.41, 5.74) is 2.48. The third kappa shape index (κ3) is 3.73. The summed E-state index contributed by atoms with van der Waals surface area (Å²) in [4.78, 5) is 2.53. The summed E-state index contributed by atoms with van der Waals surface area (Å²) < 4.78 is 4.51. The lowest BCUT2D eigenvalue weighted by Gasteiger charge is -2.08. The van der Waals surface area contributed by atoms with Gasteiger partial charge in [-0.3, -0.25) is 0 Å². The molecule has 0 atom stereocenters. The fourth-order valence-corrected chi connectivity index (χ4v) is 4.50. The van der Waals surface area contributed by atoms with Gasteiger partial charge in [-0.25, -0.2) is 4.57 Å². The second-order valence-corrected chi connectivity index (χ2v) is 8.05. The van der Waals surface area contributed by atoms with Crippen LogP contribution in [0.3, 0.4) is 0 Å². The van der Waals surface area contributed by atoms with E-state index in [0.29, 0.717) is 0 Å². The Kier molecular flexibility index (Phi) is 5.21. The summed E-state index contributed by atoms with van der Waals surface area (Å²) in [5.74, 6) is 0. The van der Waals surface area contributed by atoms with Crippen molar-refractivity contribution in [2.24, 2.45) is 7.05 Å². The van der Waals surface area contributed by atoms with Crippen molar-refractivity contribution < 1.29 is 4.57 Å². The molecule has 1 heterocycles. The monoisotopic (exact) mass is 482 g/mol. The van der Waals surface area contributed by atoms with Gasteiger partial charge in [0.25, 0.3) is 0 Å². The van der Waals surface area contributed by atoms with E-state index in [0.717, 1.165) is 4.47 Å². The lowest BCUT2D eigenvalue weighted by molar-refractivity contribution is -0.673. The molecule has 1 aromatic heterocycles. The van der Waals surface area contributed by atoms with Crippen LogP contribution in [0.15, 0.2) is 81.3 Å². The maximum absolute atomic E-state index is 3.56. The summed E-state index contributed by atoms with van der Waals surface area (Å²) in [7, 11) is 2.08. The summed E-state index contributed by atoms with van der Waals surface area (Å²) in [6, 6.07) is 18.9. The van der Waals surface area contributed by atoms with E-state index >= 15 is 0 Å². The zero-order valence-corrected chi connectivity index (χ0v) is 16.5. The van der Waals surface area contributed by atoms with Crippen LogP contribution in [0.2, 0.25) is 0 Å². The highest BCUT2D eigenvalue weighted by Gasteiger charge is 2.15. The molecule has 0 fully saturated rings. The first-order valence-electron chi connectivity index (χ1n) is 6.81. The van der Waals surface area contributed by atoms with Crippen molar-refractivity contribution in [3.05, 3.63) is 75.0 Å². The predicted molar refractivity (Wildman–Crippen MR) is 104 cm³/mol. The molecule has 0 amide bonds. The Balaban J connectivity index is 2.06. The number of aromatic nitrogens is 1. The smallest absolute Gasteiger partial charge is 0.183 e. The highest BCUT2D eigenvalue weighted by molar-refractivity contribution is 14.1. The van der Waals surface area contributed by atoms with Crippen LogP contribution in [-0.4, -0.2) is 0 Å². The van der Waals surface area contributed by atoms with Crippen LogP contribution >= 0.6 is 50.3 Å². The molecule has 0 saturated heterocycles. The second kappa shape index (κ2) is 7.15. The average molecular weight is 483 g/mol. The summed E-state index contributed by atoms with van der Waals surface area (Å²) >= 11 is 7.81. The van der Waals surface area contributed by atoms with Crippen molar-refractivity contribution in [3.63, 3.8) is 0 Å². The maximum Gasteiger partial charge on any atom is 0.183 e. The SMILES string of the molecule is C[n+]1cc(Sc2ccccc2)c(I)c(-c2cccc(Br)c2)c1. The third-order valence-electron chi connectivity index (χ3n) is 3.21. The average Bonchev–Trinajstić information content (AvgIpc) is 2.51. The Hall–Kier alpha value is -0.850. The first-order valence-corrected chi connectivity index (χ1v) is 9.50. The quantitative estimate of drug-likeness (QED) is 0.342. The van der Waals surface area contributed by atoms with E-state index < -0.39 is 0 Å². The fraction of sp³-hybridized carbons (Fsp3) is 0.0556. The Morgan fingerprint density at radius 1 is 1.00 bits per heavy atom. The van der Waals surface area contributed by atoms with E-state index in [-0.39, 0.29) is 0 Å². The van der Waals surface area contributed by atoms with Gasteiger partial charge in [-0.15, -0.1) is 0 Å². The maximum atomic E-state index is 3.56. The molecule has 22 heavy (non-hydrogen) atoms. The lowest BCUT2D eigenvalue weighted by atomic mass is 10.1. The van der Waals surface area contributed by atoms with Crippen LogP contribution in [0, 0.1) is 3.57 Å². The van der Waals surface area contributed by atoms with Crippen LogP contribution in [-0.2, 0) is 7.05 Å². The molecule has 110 valence electrons. The van der Waals surface area contributed by atoms with Gasteiger partial charge in [0.2, 0.25) is 0 Å². The molecule has 2 aromatic carbocycles. The number of nitrogens with zero attached hydrogens (tertiary/aromatic N) is 1. The van der Waals surface area contributed by atoms with Gasteiger partial charge in [-0.1, -0.05) is 58.0 Å². The molecule has 0 radical (unpaired) electrons. The Bertz CT molecular complexity index is 805. The molecule has 0 unspecified atom stereocenters. The van der Waals surface area contributed by atoms with Gasteiger partial charge in [0.1, 0.15) is 7.05 Å². The number of halogens is 2. The highest BCUT2D eigenvalue weighted by Crippen LogP contribution is 2.35. The minimum Gasteiger partial charge on any atom is -0.206 e. The van der Waals surface area contributed by atoms with Crippen molar-refractivity contribution in [2.45, 2.75) is 9.79 Å². The molecule has 0 aliphatic carbocycles. The normalized spacial score (nSPS) is 10.7. The number of hydrogen-bond donors (Lipinski definition) is 0. The van der Waals surface area contributed by atoms with Crippen LogP contribution in [0.1, 0.15) is 0 Å². The second-order valence-electron chi connectivity index (χ2n) is 4.94.